The smallest absolute Gasteiger partial charge is 0.188 e. The minimum absolute atomic E-state index is 0. The number of phenolic OH excluding ortho intramolecular Hbond substituents is 2. The Hall–Kier alpha value is -0.723. The zero-order valence-electron chi connectivity index (χ0n) is 28.8. The summed E-state index contributed by atoms with van der Waals surface area (Å²) in [5, 5.41) is 17.3. The second kappa shape index (κ2) is 32.7. The van der Waals surface area contributed by atoms with Crippen molar-refractivity contribution in [2.75, 3.05) is 0 Å². The van der Waals surface area contributed by atoms with Crippen LogP contribution in [0.25, 0.3) is 0 Å². The predicted molar refractivity (Wildman–Crippen MR) is 190 cm³/mol. The second-order valence-electron chi connectivity index (χ2n) is 11.7. The number of hydrogen-bond donors (Lipinski definition) is 4. The minimum atomic E-state index is -1.81. The van der Waals surface area contributed by atoms with Crippen LogP contribution in [0.3, 0.4) is 0 Å². The molecule has 0 unspecified atom stereocenters. The van der Waals surface area contributed by atoms with Crippen molar-refractivity contribution < 1.29 is 46.0 Å². The molecule has 0 atom stereocenters. The molecule has 0 saturated carbocycles. The van der Waals surface area contributed by atoms with Crippen molar-refractivity contribution in [3.05, 3.63) is 60.7 Å². The van der Waals surface area contributed by atoms with E-state index in [9.17, 15) is 9.59 Å². The van der Waals surface area contributed by atoms with Crippen LogP contribution in [0.4, 0.5) is 0 Å². The van der Waals surface area contributed by atoms with Crippen LogP contribution < -0.4 is 0 Å². The minimum Gasteiger partial charge on any atom is -0.508 e. The van der Waals surface area contributed by atoms with Gasteiger partial charge in [-0.3, -0.25) is 0 Å². The van der Waals surface area contributed by atoms with Gasteiger partial charge in [-0.2, -0.15) is 0 Å². The fourth-order valence-electron chi connectivity index (χ4n) is 4.64. The van der Waals surface area contributed by atoms with Crippen LogP contribution in [0.1, 0.15) is 119 Å². The number of hydrogen-bond acceptors (Lipinski definition) is 4. The van der Waals surface area contributed by atoms with Gasteiger partial charge < -0.3 is 19.8 Å². The van der Waals surface area contributed by atoms with Gasteiger partial charge in [-0.15, -0.1) is 0 Å². The molecule has 0 spiro atoms. The first-order valence-corrected chi connectivity index (χ1v) is 22.2. The van der Waals surface area contributed by atoms with Gasteiger partial charge in [0, 0.05) is 26.2 Å². The maximum absolute atomic E-state index is 10.5. The third-order valence-electron chi connectivity index (χ3n) is 7.49. The molecule has 0 radical (unpaired) electrons. The molecule has 0 fully saturated rings. The number of benzene rings is 2. The topological polar surface area (TPSA) is 80.9 Å². The molecule has 4 N–H and O–H groups in total. The molecule has 43 heavy (non-hydrogen) atoms. The average molecular weight is 712 g/mol. The van der Waals surface area contributed by atoms with Gasteiger partial charge in [0.15, 0.2) is 16.6 Å². The molecule has 0 saturated heterocycles. The molecule has 0 amide bonds. The van der Waals surface area contributed by atoms with E-state index in [0.29, 0.717) is 11.5 Å². The Morgan fingerprint density at radius 3 is 0.698 bits per heavy atom. The molecule has 0 aliphatic carbocycles. The van der Waals surface area contributed by atoms with E-state index in [1.807, 2.05) is 12.1 Å². The van der Waals surface area contributed by atoms with Crippen LogP contribution in [-0.4, -0.2) is 36.4 Å². The first-order valence-electron chi connectivity index (χ1n) is 17.1. The molecule has 0 aliphatic heterocycles. The Bertz CT molecular complexity index is 685. The molecule has 4 nitrogen and oxygen atoms in total. The largest absolute Gasteiger partial charge is 0.508 e. The predicted octanol–water partition coefficient (Wildman–Crippen LogP) is 11.4. The van der Waals surface area contributed by atoms with Gasteiger partial charge in [-0.1, -0.05) is 155 Å². The standard InChI is InChI=1S/2C12H28OSi.2C6H6O.Zr/c2*1-4-7-10-14(13,11-8-5-2)12-9-6-3;2*7-6-4-2-1-3-5-6;/h2*13H,4-12H2,1-3H3;2*1-5,7H;. The van der Waals surface area contributed by atoms with E-state index in [2.05, 4.69) is 41.5 Å². The van der Waals surface area contributed by atoms with Crippen molar-refractivity contribution in [2.24, 2.45) is 0 Å². The normalized spacial score (nSPS) is 10.6. The third-order valence-corrected chi connectivity index (χ3v) is 15.2. The van der Waals surface area contributed by atoms with Gasteiger partial charge in [0.1, 0.15) is 11.5 Å². The Kier molecular flexibility index (Phi) is 35.5. The van der Waals surface area contributed by atoms with Crippen LogP contribution in [0.2, 0.25) is 36.3 Å². The molecule has 0 aliphatic rings. The molecule has 2 aromatic carbocycles. The van der Waals surface area contributed by atoms with Gasteiger partial charge >= 0.3 is 0 Å². The zero-order chi connectivity index (χ0) is 32.0. The molecule has 0 aromatic heterocycles. The number of aromatic hydroxyl groups is 2. The summed E-state index contributed by atoms with van der Waals surface area (Å²) in [6, 6.07) is 24.3. The SMILES string of the molecule is CCCC[Si](O)(CCCC)CCCC.CCCC[Si](O)(CCCC)CCCC.Oc1ccccc1.Oc1ccccc1.[Zr]. The van der Waals surface area contributed by atoms with Crippen LogP contribution >= 0.6 is 0 Å². The van der Waals surface area contributed by atoms with Crippen molar-refractivity contribution in [3.63, 3.8) is 0 Å². The van der Waals surface area contributed by atoms with Gasteiger partial charge in [0.25, 0.3) is 0 Å². The maximum atomic E-state index is 10.5. The van der Waals surface area contributed by atoms with Crippen molar-refractivity contribution in [1.29, 1.82) is 0 Å². The quantitative estimate of drug-likeness (QED) is 0.116. The second-order valence-corrected chi connectivity index (χ2v) is 19.6. The fraction of sp³-hybridized carbons (Fsp3) is 0.667. The molecular formula is C36H68O4Si2Zr. The van der Waals surface area contributed by atoms with Gasteiger partial charge in [0.2, 0.25) is 0 Å². The summed E-state index contributed by atoms with van der Waals surface area (Å²) in [6.07, 6.45) is 14.8. The average Bonchev–Trinajstić information content (AvgIpc) is 3.01. The fourth-order valence-corrected chi connectivity index (χ4v) is 12.2. The first-order chi connectivity index (χ1) is 20.2. The molecule has 2 rings (SSSR count). The molecule has 2 aromatic rings. The van der Waals surface area contributed by atoms with Crippen LogP contribution in [0, 0.1) is 0 Å². The molecule has 0 heterocycles. The van der Waals surface area contributed by atoms with E-state index in [1.54, 1.807) is 48.5 Å². The van der Waals surface area contributed by atoms with Crippen molar-refractivity contribution in [3.8, 4) is 11.5 Å². The van der Waals surface area contributed by atoms with Gasteiger partial charge in [-0.25, -0.2) is 0 Å². The molecule has 0 bridgehead atoms. The molecule has 7 heteroatoms. The summed E-state index contributed by atoms with van der Waals surface area (Å²) >= 11 is 0. The Balaban J connectivity index is -0.000000514. The summed E-state index contributed by atoms with van der Waals surface area (Å²) in [5.41, 5.74) is 0. The summed E-state index contributed by atoms with van der Waals surface area (Å²) in [7, 11) is -3.62. The summed E-state index contributed by atoms with van der Waals surface area (Å²) in [4.78, 5) is 21.1. The van der Waals surface area contributed by atoms with E-state index < -0.39 is 16.6 Å². The van der Waals surface area contributed by atoms with Crippen molar-refractivity contribution in [1.82, 2.24) is 0 Å². The number of phenols is 2. The number of unbranched alkanes of at least 4 members (excludes halogenated alkanes) is 6. The van der Waals surface area contributed by atoms with Crippen molar-refractivity contribution >= 4 is 16.6 Å². The summed E-state index contributed by atoms with van der Waals surface area (Å²) < 4.78 is 0. The molecule has 248 valence electrons. The number of rotatable bonds is 18. The van der Waals surface area contributed by atoms with E-state index in [-0.39, 0.29) is 26.2 Å². The van der Waals surface area contributed by atoms with Crippen LogP contribution in [0.15, 0.2) is 60.7 Å². The van der Waals surface area contributed by atoms with Crippen LogP contribution in [0.5, 0.6) is 11.5 Å². The van der Waals surface area contributed by atoms with Crippen molar-refractivity contribution in [2.45, 2.75) is 155 Å². The van der Waals surface area contributed by atoms with Gasteiger partial charge in [-0.05, 0) is 60.5 Å². The van der Waals surface area contributed by atoms with Gasteiger partial charge in [0.05, 0.1) is 0 Å². The zero-order valence-corrected chi connectivity index (χ0v) is 33.2. The Morgan fingerprint density at radius 1 is 0.395 bits per heavy atom. The molecular weight excluding hydrogens is 644 g/mol. The Morgan fingerprint density at radius 2 is 0.581 bits per heavy atom. The van der Waals surface area contributed by atoms with E-state index >= 15 is 0 Å². The Labute approximate surface area is 288 Å². The van der Waals surface area contributed by atoms with Crippen LogP contribution in [-0.2, 0) is 26.2 Å². The summed E-state index contributed by atoms with van der Waals surface area (Å²) in [6.45, 7) is 13.3. The third kappa shape index (κ3) is 31.1. The number of para-hydroxylation sites is 2. The summed E-state index contributed by atoms with van der Waals surface area (Å²) in [5.74, 6) is 0.644. The van der Waals surface area contributed by atoms with E-state index in [1.165, 1.54) is 77.0 Å². The first kappa shape index (κ1) is 46.7. The monoisotopic (exact) mass is 710 g/mol. The van der Waals surface area contributed by atoms with E-state index in [4.69, 9.17) is 10.2 Å². The van der Waals surface area contributed by atoms with E-state index in [0.717, 1.165) is 36.3 Å². The maximum Gasteiger partial charge on any atom is 0.188 e.